The van der Waals surface area contributed by atoms with Crippen molar-refractivity contribution in [2.24, 2.45) is 0 Å². The minimum Gasteiger partial charge on any atom is -0.348 e. The summed E-state index contributed by atoms with van der Waals surface area (Å²) in [5, 5.41) is 0. The van der Waals surface area contributed by atoms with E-state index < -0.39 is 0 Å². The molecule has 0 amide bonds. The first-order valence-electron chi connectivity index (χ1n) is 15.0. The lowest BCUT2D eigenvalue weighted by atomic mass is 10.2. The number of nitrogens with one attached hydrogen (secondary N) is 3. The van der Waals surface area contributed by atoms with Crippen LogP contribution in [0.3, 0.4) is 0 Å². The summed E-state index contributed by atoms with van der Waals surface area (Å²) in [6.45, 7) is 10.0. The molecule has 0 aliphatic carbocycles. The zero-order chi connectivity index (χ0) is 26.1. The Hall–Kier alpha value is -2.41. The van der Waals surface area contributed by atoms with Gasteiger partial charge in [-0.3, -0.25) is 0 Å². The lowest BCUT2D eigenvalue weighted by Crippen LogP contribution is -2.28. The van der Waals surface area contributed by atoms with Gasteiger partial charge in [-0.15, -0.1) is 0 Å². The van der Waals surface area contributed by atoms with E-state index in [1.165, 1.54) is 55.6 Å². The average molecular weight is 510 g/mol. The third-order valence-electron chi connectivity index (χ3n) is 7.08. The monoisotopic (exact) mass is 509 g/mol. The Bertz CT molecular complexity index is 846. The van der Waals surface area contributed by atoms with Crippen molar-refractivity contribution in [3.05, 3.63) is 53.1 Å². The van der Waals surface area contributed by atoms with Gasteiger partial charge < -0.3 is 19.9 Å². The average Bonchev–Trinajstić information content (AvgIpc) is 3.66. The van der Waals surface area contributed by atoms with Crippen LogP contribution in [0.2, 0.25) is 0 Å². The van der Waals surface area contributed by atoms with Crippen molar-refractivity contribution < 1.29 is 0 Å². The van der Waals surface area contributed by atoms with E-state index in [9.17, 15) is 0 Å². The molecule has 7 nitrogen and oxygen atoms in total. The van der Waals surface area contributed by atoms with Gasteiger partial charge in [-0.2, -0.15) is 0 Å². The summed E-state index contributed by atoms with van der Waals surface area (Å²) >= 11 is 0. The van der Waals surface area contributed by atoms with Gasteiger partial charge in [0.25, 0.3) is 0 Å². The Morgan fingerprint density at radius 2 is 0.811 bits per heavy atom. The van der Waals surface area contributed by atoms with Gasteiger partial charge in [-0.05, 0) is 77.4 Å². The number of aryl methyl sites for hydroxylation is 6. The quantitative estimate of drug-likeness (QED) is 0.155. The predicted octanol–water partition coefficient (Wildman–Crippen LogP) is 6.38. The first kappa shape index (κ1) is 29.2. The molecule has 206 valence electrons. The summed E-state index contributed by atoms with van der Waals surface area (Å²) in [6.07, 6.45) is 23.3. The Morgan fingerprint density at radius 3 is 1.11 bits per heavy atom. The SMILES string of the molecule is CCCCc1nc(CCCN(CCCc2c[nH]c(CCCC)n2)CCCc2c[nH]c(CCCC)n2)c[nH]1. The van der Waals surface area contributed by atoms with Crippen molar-refractivity contribution in [3.63, 3.8) is 0 Å². The summed E-state index contributed by atoms with van der Waals surface area (Å²) in [5.74, 6) is 3.43. The van der Waals surface area contributed by atoms with E-state index in [-0.39, 0.29) is 0 Å². The van der Waals surface area contributed by atoms with Crippen LogP contribution in [-0.4, -0.2) is 54.4 Å². The fraction of sp³-hybridized carbons (Fsp3) is 0.700. The smallest absolute Gasteiger partial charge is 0.106 e. The molecule has 3 N–H and O–H groups in total. The fourth-order valence-electron chi connectivity index (χ4n) is 4.80. The molecule has 3 aromatic rings. The number of rotatable bonds is 21. The van der Waals surface area contributed by atoms with Gasteiger partial charge in [0.15, 0.2) is 0 Å². The van der Waals surface area contributed by atoms with Gasteiger partial charge in [0.2, 0.25) is 0 Å². The number of aromatic nitrogens is 6. The molecule has 0 saturated carbocycles. The number of unbranched alkanes of at least 4 members (excludes halogenated alkanes) is 3. The van der Waals surface area contributed by atoms with E-state index in [1.54, 1.807) is 0 Å². The van der Waals surface area contributed by atoms with Gasteiger partial charge in [0, 0.05) is 37.9 Å². The van der Waals surface area contributed by atoms with Crippen LogP contribution in [0, 0.1) is 0 Å². The number of hydrogen-bond donors (Lipinski definition) is 3. The van der Waals surface area contributed by atoms with Crippen LogP contribution in [0.1, 0.15) is 113 Å². The fourth-order valence-corrected chi connectivity index (χ4v) is 4.80. The third kappa shape index (κ3) is 11.2. The largest absolute Gasteiger partial charge is 0.348 e. The molecule has 0 spiro atoms. The molecule has 0 aliphatic rings. The summed E-state index contributed by atoms with van der Waals surface area (Å²) in [7, 11) is 0. The number of hydrogen-bond acceptors (Lipinski definition) is 4. The van der Waals surface area contributed by atoms with Crippen LogP contribution < -0.4 is 0 Å². The molecular weight excluding hydrogens is 458 g/mol. The molecule has 3 aromatic heterocycles. The second kappa shape index (κ2) is 17.2. The highest BCUT2D eigenvalue weighted by Gasteiger charge is 2.09. The lowest BCUT2D eigenvalue weighted by Gasteiger charge is -2.22. The zero-order valence-corrected chi connectivity index (χ0v) is 23.7. The number of aromatic amines is 3. The molecule has 0 bridgehead atoms. The van der Waals surface area contributed by atoms with Crippen molar-refractivity contribution in [2.75, 3.05) is 19.6 Å². The molecule has 0 atom stereocenters. The minimum absolute atomic E-state index is 1.04. The first-order chi connectivity index (χ1) is 18.2. The molecule has 3 heterocycles. The van der Waals surface area contributed by atoms with Crippen LogP contribution in [0.4, 0.5) is 0 Å². The zero-order valence-electron chi connectivity index (χ0n) is 23.7. The second-order valence-corrected chi connectivity index (χ2v) is 10.5. The van der Waals surface area contributed by atoms with Crippen LogP contribution in [-0.2, 0) is 38.5 Å². The molecule has 37 heavy (non-hydrogen) atoms. The molecule has 0 aromatic carbocycles. The minimum atomic E-state index is 1.04. The highest BCUT2D eigenvalue weighted by Crippen LogP contribution is 2.10. The third-order valence-corrected chi connectivity index (χ3v) is 7.08. The van der Waals surface area contributed by atoms with Gasteiger partial charge in [-0.1, -0.05) is 40.0 Å². The number of H-pyrrole nitrogens is 3. The number of nitrogens with zero attached hydrogens (tertiary/aromatic N) is 4. The summed E-state index contributed by atoms with van der Waals surface area (Å²) in [4.78, 5) is 27.1. The van der Waals surface area contributed by atoms with E-state index in [0.29, 0.717) is 0 Å². The van der Waals surface area contributed by atoms with Gasteiger partial charge in [-0.25, -0.2) is 15.0 Å². The predicted molar refractivity (Wildman–Crippen MR) is 153 cm³/mol. The highest BCUT2D eigenvalue weighted by atomic mass is 15.1. The van der Waals surface area contributed by atoms with Crippen molar-refractivity contribution in [1.82, 2.24) is 34.8 Å². The Morgan fingerprint density at radius 1 is 0.486 bits per heavy atom. The Balaban J connectivity index is 1.45. The van der Waals surface area contributed by atoms with Crippen molar-refractivity contribution in [2.45, 2.75) is 117 Å². The topological polar surface area (TPSA) is 89.3 Å². The molecule has 7 heteroatoms. The Labute approximate surface area is 224 Å². The normalized spacial score (nSPS) is 11.7. The molecule has 0 saturated heterocycles. The van der Waals surface area contributed by atoms with E-state index in [2.05, 4.69) is 59.2 Å². The molecule has 3 rings (SSSR count). The van der Waals surface area contributed by atoms with Crippen molar-refractivity contribution >= 4 is 0 Å². The van der Waals surface area contributed by atoms with Crippen LogP contribution in [0.5, 0.6) is 0 Å². The summed E-state index contributed by atoms with van der Waals surface area (Å²) in [6, 6.07) is 0. The van der Waals surface area contributed by atoms with Crippen molar-refractivity contribution in [1.29, 1.82) is 0 Å². The summed E-state index contributed by atoms with van der Waals surface area (Å²) < 4.78 is 0. The highest BCUT2D eigenvalue weighted by molar-refractivity contribution is 5.03. The van der Waals surface area contributed by atoms with Crippen LogP contribution in [0.25, 0.3) is 0 Å². The first-order valence-corrected chi connectivity index (χ1v) is 15.0. The van der Waals surface area contributed by atoms with Gasteiger partial charge >= 0.3 is 0 Å². The maximum atomic E-state index is 4.80. The van der Waals surface area contributed by atoms with Gasteiger partial charge in [0.05, 0.1) is 17.1 Å². The van der Waals surface area contributed by atoms with Crippen LogP contribution in [0.15, 0.2) is 18.6 Å². The molecule has 0 aliphatic heterocycles. The van der Waals surface area contributed by atoms with Crippen LogP contribution >= 0.6 is 0 Å². The second-order valence-electron chi connectivity index (χ2n) is 10.5. The van der Waals surface area contributed by atoms with E-state index >= 15 is 0 Å². The maximum absolute atomic E-state index is 4.80. The number of imidazole rings is 3. The van der Waals surface area contributed by atoms with Gasteiger partial charge in [0.1, 0.15) is 17.5 Å². The van der Waals surface area contributed by atoms with E-state index in [0.717, 1.165) is 94.9 Å². The molecule has 0 radical (unpaired) electrons. The van der Waals surface area contributed by atoms with E-state index in [4.69, 9.17) is 15.0 Å². The van der Waals surface area contributed by atoms with Crippen molar-refractivity contribution in [3.8, 4) is 0 Å². The molecular formula is C30H51N7. The molecule has 0 fully saturated rings. The van der Waals surface area contributed by atoms with E-state index in [1.807, 2.05) is 0 Å². The molecule has 0 unspecified atom stereocenters. The lowest BCUT2D eigenvalue weighted by molar-refractivity contribution is 0.263. The Kier molecular flexibility index (Phi) is 13.5. The maximum Gasteiger partial charge on any atom is 0.106 e. The summed E-state index contributed by atoms with van der Waals surface area (Å²) in [5.41, 5.74) is 3.62. The standard InChI is InChI=1S/C30H51N7/c1-4-7-16-28-31-22-25(34-28)13-10-19-37(20-11-14-26-23-32-29(35-26)17-8-5-2)21-12-15-27-24-33-30(36-27)18-9-6-3/h22-24H,4-21H2,1-3H3,(H,31,34)(H,32,35)(H,33,36).